The van der Waals surface area contributed by atoms with Crippen LogP contribution in [0.4, 0.5) is 0 Å². The summed E-state index contributed by atoms with van der Waals surface area (Å²) in [5.74, 6) is 0.217. The first-order valence-electron chi connectivity index (χ1n) is 4.79. The van der Waals surface area contributed by atoms with E-state index in [4.69, 9.17) is 4.42 Å². The van der Waals surface area contributed by atoms with Crippen LogP contribution in [0.3, 0.4) is 0 Å². The molecule has 0 bridgehead atoms. The fraction of sp³-hybridized carbons (Fsp3) is 0.500. The molecule has 1 aromatic heterocycles. The van der Waals surface area contributed by atoms with Crippen LogP contribution in [0.5, 0.6) is 0 Å². The van der Waals surface area contributed by atoms with E-state index in [0.717, 1.165) is 18.2 Å². The molecule has 82 valence electrons. The highest BCUT2D eigenvalue weighted by Crippen LogP contribution is 2.33. The van der Waals surface area contributed by atoms with Crippen LogP contribution in [-0.2, 0) is 0 Å². The number of rotatable bonds is 3. The van der Waals surface area contributed by atoms with Gasteiger partial charge in [-0.05, 0) is 47.3 Å². The molecule has 3 nitrogen and oxygen atoms in total. The smallest absolute Gasteiger partial charge is 0.287 e. The van der Waals surface area contributed by atoms with E-state index in [0.29, 0.717) is 10.4 Å². The van der Waals surface area contributed by atoms with Crippen molar-refractivity contribution in [3.8, 4) is 0 Å². The van der Waals surface area contributed by atoms with Crippen LogP contribution in [0.15, 0.2) is 21.2 Å². The number of nitrogens with one attached hydrogen (secondary N) is 1. The van der Waals surface area contributed by atoms with E-state index in [-0.39, 0.29) is 11.4 Å². The maximum Gasteiger partial charge on any atom is 0.287 e. The summed E-state index contributed by atoms with van der Waals surface area (Å²) in [4.78, 5) is 11.8. The van der Waals surface area contributed by atoms with Crippen molar-refractivity contribution in [1.82, 2.24) is 5.32 Å². The van der Waals surface area contributed by atoms with E-state index >= 15 is 0 Å². The van der Waals surface area contributed by atoms with Gasteiger partial charge in [0.15, 0.2) is 10.4 Å². The van der Waals surface area contributed by atoms with Gasteiger partial charge in [-0.2, -0.15) is 0 Å². The van der Waals surface area contributed by atoms with E-state index in [1.165, 1.54) is 6.42 Å². The molecule has 1 heterocycles. The van der Waals surface area contributed by atoms with Crippen molar-refractivity contribution in [3.05, 3.63) is 22.6 Å². The summed E-state index contributed by atoms with van der Waals surface area (Å²) in [5, 5.41) is 3.81. The lowest BCUT2D eigenvalue weighted by molar-refractivity contribution is 0.0826. The summed E-state index contributed by atoms with van der Waals surface area (Å²) in [5.41, 5.74) is -0.0592. The third-order valence-electron chi connectivity index (χ3n) is 2.74. The van der Waals surface area contributed by atoms with E-state index in [9.17, 15) is 4.79 Å². The van der Waals surface area contributed by atoms with Crippen LogP contribution in [-0.4, -0.2) is 16.8 Å². The third kappa shape index (κ3) is 2.28. The fourth-order valence-electron chi connectivity index (χ4n) is 1.63. The molecule has 0 spiro atoms. The highest BCUT2D eigenvalue weighted by atomic mass is 79.9. The summed E-state index contributed by atoms with van der Waals surface area (Å²) < 4.78 is 5.77. The number of furan rings is 1. The molecular weight excluding hydrogens is 326 g/mol. The second-order valence-electron chi connectivity index (χ2n) is 3.83. The van der Waals surface area contributed by atoms with Crippen LogP contribution < -0.4 is 5.32 Å². The van der Waals surface area contributed by atoms with Gasteiger partial charge in [0, 0.05) is 5.33 Å². The van der Waals surface area contributed by atoms with Crippen LogP contribution in [0, 0.1) is 0 Å². The molecule has 1 fully saturated rings. The molecule has 2 rings (SSSR count). The predicted octanol–water partition coefficient (Wildman–Crippen LogP) is 3.09. The van der Waals surface area contributed by atoms with Gasteiger partial charge in [-0.25, -0.2) is 0 Å². The van der Waals surface area contributed by atoms with Crippen LogP contribution in [0.2, 0.25) is 0 Å². The molecular formula is C10H11Br2NO2. The zero-order valence-electron chi connectivity index (χ0n) is 8.06. The standard InChI is InChI=1S/C10H11Br2NO2/c11-6-10(4-1-5-10)13-9(14)7-2-3-8(12)15-7/h2-3H,1,4-6H2,(H,13,14). The number of hydrogen-bond acceptors (Lipinski definition) is 2. The van der Waals surface area contributed by atoms with Gasteiger partial charge in [0.25, 0.3) is 5.91 Å². The van der Waals surface area contributed by atoms with E-state index in [2.05, 4.69) is 37.2 Å². The van der Waals surface area contributed by atoms with Crippen LogP contribution in [0.1, 0.15) is 29.8 Å². The zero-order valence-corrected chi connectivity index (χ0v) is 11.2. The average molecular weight is 337 g/mol. The first-order valence-corrected chi connectivity index (χ1v) is 6.70. The minimum Gasteiger partial charge on any atom is -0.444 e. The SMILES string of the molecule is O=C(NC1(CBr)CCC1)c1ccc(Br)o1. The molecule has 0 saturated heterocycles. The third-order valence-corrected chi connectivity index (χ3v) is 4.24. The van der Waals surface area contributed by atoms with E-state index < -0.39 is 0 Å². The summed E-state index contributed by atoms with van der Waals surface area (Å²) >= 11 is 6.61. The van der Waals surface area contributed by atoms with Crippen molar-refractivity contribution >= 4 is 37.8 Å². The Morgan fingerprint density at radius 3 is 2.67 bits per heavy atom. The molecule has 0 radical (unpaired) electrons. The monoisotopic (exact) mass is 335 g/mol. The Hall–Kier alpha value is -0.290. The minimum absolute atomic E-state index is 0.0592. The Morgan fingerprint density at radius 1 is 1.53 bits per heavy atom. The van der Waals surface area contributed by atoms with E-state index in [1.807, 2.05) is 0 Å². The second kappa shape index (κ2) is 4.29. The molecule has 0 atom stereocenters. The van der Waals surface area contributed by atoms with Gasteiger partial charge in [-0.1, -0.05) is 15.9 Å². The van der Waals surface area contributed by atoms with Gasteiger partial charge in [0.2, 0.25) is 0 Å². The van der Waals surface area contributed by atoms with Gasteiger partial charge < -0.3 is 9.73 Å². The van der Waals surface area contributed by atoms with Gasteiger partial charge in [0.05, 0.1) is 5.54 Å². The van der Waals surface area contributed by atoms with Crippen molar-refractivity contribution in [2.75, 3.05) is 5.33 Å². The molecule has 1 saturated carbocycles. The first kappa shape index (κ1) is 11.2. The lowest BCUT2D eigenvalue weighted by Crippen LogP contribution is -2.54. The Balaban J connectivity index is 2.03. The maximum absolute atomic E-state index is 11.8. The zero-order chi connectivity index (χ0) is 10.9. The Bertz CT molecular complexity index is 366. The van der Waals surface area contributed by atoms with Crippen molar-refractivity contribution in [1.29, 1.82) is 0 Å². The number of carbonyl (C=O) groups is 1. The number of amides is 1. The van der Waals surface area contributed by atoms with Crippen molar-refractivity contribution in [2.24, 2.45) is 0 Å². The highest BCUT2D eigenvalue weighted by molar-refractivity contribution is 9.10. The normalized spacial score (nSPS) is 18.3. The van der Waals surface area contributed by atoms with Gasteiger partial charge in [-0.15, -0.1) is 0 Å². The second-order valence-corrected chi connectivity index (χ2v) is 5.17. The van der Waals surface area contributed by atoms with Crippen LogP contribution in [0.25, 0.3) is 0 Å². The van der Waals surface area contributed by atoms with Gasteiger partial charge >= 0.3 is 0 Å². The molecule has 1 aliphatic carbocycles. The number of hydrogen-bond donors (Lipinski definition) is 1. The van der Waals surface area contributed by atoms with E-state index in [1.54, 1.807) is 12.1 Å². The first-order chi connectivity index (χ1) is 7.15. The summed E-state index contributed by atoms with van der Waals surface area (Å²) in [7, 11) is 0. The molecule has 1 aromatic rings. The van der Waals surface area contributed by atoms with Crippen molar-refractivity contribution < 1.29 is 9.21 Å². The lowest BCUT2D eigenvalue weighted by atomic mass is 9.78. The fourth-order valence-corrected chi connectivity index (χ4v) is 2.64. The molecule has 5 heteroatoms. The summed E-state index contributed by atoms with van der Waals surface area (Å²) in [6, 6.07) is 3.39. The molecule has 1 aliphatic rings. The molecule has 1 amide bonds. The number of carbonyl (C=O) groups excluding carboxylic acids is 1. The van der Waals surface area contributed by atoms with Crippen molar-refractivity contribution in [2.45, 2.75) is 24.8 Å². The Kier molecular flexibility index (Phi) is 3.21. The molecule has 0 unspecified atom stereocenters. The quantitative estimate of drug-likeness (QED) is 0.862. The molecule has 15 heavy (non-hydrogen) atoms. The largest absolute Gasteiger partial charge is 0.444 e. The number of alkyl halides is 1. The molecule has 0 aromatic carbocycles. The summed E-state index contributed by atoms with van der Waals surface area (Å²) in [6.07, 6.45) is 3.24. The topological polar surface area (TPSA) is 42.2 Å². The summed E-state index contributed by atoms with van der Waals surface area (Å²) in [6.45, 7) is 0. The van der Waals surface area contributed by atoms with Crippen molar-refractivity contribution in [3.63, 3.8) is 0 Å². The maximum atomic E-state index is 11.8. The van der Waals surface area contributed by atoms with Gasteiger partial charge in [0.1, 0.15) is 0 Å². The molecule has 1 N–H and O–H groups in total. The Morgan fingerprint density at radius 2 is 2.27 bits per heavy atom. The molecule has 0 aliphatic heterocycles. The Labute approximate surface area is 105 Å². The number of halogens is 2. The van der Waals surface area contributed by atoms with Gasteiger partial charge in [-0.3, -0.25) is 4.79 Å². The van der Waals surface area contributed by atoms with Crippen LogP contribution >= 0.6 is 31.9 Å². The lowest BCUT2D eigenvalue weighted by Gasteiger charge is -2.40. The highest BCUT2D eigenvalue weighted by Gasteiger charge is 2.37. The average Bonchev–Trinajstić information content (AvgIpc) is 2.58. The minimum atomic E-state index is -0.139. The predicted molar refractivity (Wildman–Crippen MR) is 64.3 cm³/mol.